The lowest BCUT2D eigenvalue weighted by Crippen LogP contribution is -2.46. The third-order valence-corrected chi connectivity index (χ3v) is 4.72. The largest absolute Gasteiger partial charge is 0.497 e. The molecule has 6 heteroatoms. The van der Waals surface area contributed by atoms with Crippen LogP contribution in [0.5, 0.6) is 5.75 Å². The van der Waals surface area contributed by atoms with Crippen molar-refractivity contribution in [1.82, 2.24) is 19.6 Å². The van der Waals surface area contributed by atoms with Crippen LogP contribution in [0, 0.1) is 0 Å². The van der Waals surface area contributed by atoms with Crippen molar-refractivity contribution < 1.29 is 9.47 Å². The van der Waals surface area contributed by atoms with Crippen LogP contribution in [-0.4, -0.2) is 72.6 Å². The standard InChI is InChI=1S/C19H28N4O2/c1-16(22-9-11-25-12-10-22)14-21(2)15-17-13-18(24-3)5-6-19(17)23-8-4-7-20-23/h4-8,13,16H,9-12,14-15H2,1-3H3. The fourth-order valence-corrected chi connectivity index (χ4v) is 3.39. The lowest BCUT2D eigenvalue weighted by molar-refractivity contribution is 0.0137. The SMILES string of the molecule is COc1ccc(-n2cccn2)c(CN(C)CC(C)N2CCOCC2)c1. The van der Waals surface area contributed by atoms with E-state index in [2.05, 4.69) is 41.0 Å². The number of morpholine rings is 1. The molecule has 0 spiro atoms. The maximum Gasteiger partial charge on any atom is 0.119 e. The zero-order valence-electron chi connectivity index (χ0n) is 15.4. The van der Waals surface area contributed by atoms with E-state index in [0.29, 0.717) is 6.04 Å². The number of nitrogens with zero attached hydrogens (tertiary/aromatic N) is 4. The van der Waals surface area contributed by atoms with Crippen molar-refractivity contribution in [2.75, 3.05) is 47.0 Å². The molecule has 25 heavy (non-hydrogen) atoms. The Morgan fingerprint density at radius 2 is 2.12 bits per heavy atom. The van der Waals surface area contributed by atoms with Gasteiger partial charge in [0.25, 0.3) is 0 Å². The molecule has 1 atom stereocenters. The molecule has 3 rings (SSSR count). The molecule has 2 heterocycles. The van der Waals surface area contributed by atoms with E-state index in [1.807, 2.05) is 23.0 Å². The second-order valence-electron chi connectivity index (χ2n) is 6.64. The van der Waals surface area contributed by atoms with Crippen molar-refractivity contribution in [2.24, 2.45) is 0 Å². The van der Waals surface area contributed by atoms with Crippen molar-refractivity contribution in [3.05, 3.63) is 42.2 Å². The Kier molecular flexibility index (Phi) is 6.07. The first-order valence-electron chi connectivity index (χ1n) is 8.84. The highest BCUT2D eigenvalue weighted by atomic mass is 16.5. The summed E-state index contributed by atoms with van der Waals surface area (Å²) in [5.74, 6) is 0.875. The van der Waals surface area contributed by atoms with Crippen molar-refractivity contribution in [2.45, 2.75) is 19.5 Å². The summed E-state index contributed by atoms with van der Waals surface area (Å²) in [4.78, 5) is 4.86. The summed E-state index contributed by atoms with van der Waals surface area (Å²) < 4.78 is 12.8. The topological polar surface area (TPSA) is 42.8 Å². The minimum Gasteiger partial charge on any atom is -0.497 e. The molecule has 1 aromatic heterocycles. The highest BCUT2D eigenvalue weighted by molar-refractivity contribution is 5.45. The molecule has 1 unspecified atom stereocenters. The Labute approximate surface area is 149 Å². The van der Waals surface area contributed by atoms with E-state index in [-0.39, 0.29) is 0 Å². The Hall–Kier alpha value is -1.89. The van der Waals surface area contributed by atoms with Gasteiger partial charge in [-0.05, 0) is 43.8 Å². The Balaban J connectivity index is 1.70. The number of methoxy groups -OCH3 is 1. The van der Waals surface area contributed by atoms with Crippen LogP contribution < -0.4 is 4.74 Å². The first kappa shape index (κ1) is 17.9. The van der Waals surface area contributed by atoms with Gasteiger partial charge in [-0.25, -0.2) is 4.68 Å². The fourth-order valence-electron chi connectivity index (χ4n) is 3.39. The first-order valence-corrected chi connectivity index (χ1v) is 8.84. The average Bonchev–Trinajstić information content (AvgIpc) is 3.16. The Morgan fingerprint density at radius 1 is 1.32 bits per heavy atom. The van der Waals surface area contributed by atoms with E-state index in [1.54, 1.807) is 13.3 Å². The van der Waals surface area contributed by atoms with Crippen molar-refractivity contribution in [1.29, 1.82) is 0 Å². The lowest BCUT2D eigenvalue weighted by Gasteiger charge is -2.34. The molecule has 0 bridgehead atoms. The molecule has 136 valence electrons. The summed E-state index contributed by atoms with van der Waals surface area (Å²) in [6, 6.07) is 8.61. The summed E-state index contributed by atoms with van der Waals surface area (Å²) >= 11 is 0. The molecule has 0 aliphatic carbocycles. The summed E-state index contributed by atoms with van der Waals surface area (Å²) in [5.41, 5.74) is 2.30. The molecule has 1 aliphatic rings. The number of aromatic nitrogens is 2. The van der Waals surface area contributed by atoms with Crippen molar-refractivity contribution in [3.8, 4) is 11.4 Å². The molecular weight excluding hydrogens is 316 g/mol. The van der Waals surface area contributed by atoms with Gasteiger partial charge in [-0.3, -0.25) is 4.90 Å². The van der Waals surface area contributed by atoms with Crippen LogP contribution in [0.25, 0.3) is 5.69 Å². The highest BCUT2D eigenvalue weighted by Crippen LogP contribution is 2.22. The minimum absolute atomic E-state index is 0.507. The van der Waals surface area contributed by atoms with Gasteiger partial charge in [0.1, 0.15) is 5.75 Å². The predicted octanol–water partition coefficient (Wildman–Crippen LogP) is 2.03. The van der Waals surface area contributed by atoms with Gasteiger partial charge in [0.15, 0.2) is 0 Å². The lowest BCUT2D eigenvalue weighted by atomic mass is 10.1. The number of likely N-dealkylation sites (N-methyl/N-ethyl adjacent to an activating group) is 1. The Morgan fingerprint density at radius 3 is 2.80 bits per heavy atom. The fraction of sp³-hybridized carbons (Fsp3) is 0.526. The van der Waals surface area contributed by atoms with Crippen LogP contribution in [0.1, 0.15) is 12.5 Å². The van der Waals surface area contributed by atoms with E-state index in [4.69, 9.17) is 9.47 Å². The molecule has 0 radical (unpaired) electrons. The van der Waals surface area contributed by atoms with Crippen LogP contribution in [0.2, 0.25) is 0 Å². The molecule has 2 aromatic rings. The van der Waals surface area contributed by atoms with Gasteiger partial charge in [-0.15, -0.1) is 0 Å². The van der Waals surface area contributed by atoms with E-state index in [0.717, 1.165) is 50.8 Å². The molecule has 1 saturated heterocycles. The van der Waals surface area contributed by atoms with Gasteiger partial charge >= 0.3 is 0 Å². The van der Waals surface area contributed by atoms with E-state index in [9.17, 15) is 0 Å². The first-order chi connectivity index (χ1) is 12.2. The molecular formula is C19H28N4O2. The zero-order chi connectivity index (χ0) is 17.6. The quantitative estimate of drug-likeness (QED) is 0.769. The maximum absolute atomic E-state index is 5.45. The number of ether oxygens (including phenoxy) is 2. The third-order valence-electron chi connectivity index (χ3n) is 4.72. The monoisotopic (exact) mass is 344 g/mol. The second-order valence-corrected chi connectivity index (χ2v) is 6.64. The molecule has 1 aromatic carbocycles. The number of hydrogen-bond donors (Lipinski definition) is 0. The van der Waals surface area contributed by atoms with Crippen LogP contribution in [-0.2, 0) is 11.3 Å². The van der Waals surface area contributed by atoms with Crippen molar-refractivity contribution in [3.63, 3.8) is 0 Å². The normalized spacial score (nSPS) is 17.0. The number of hydrogen-bond acceptors (Lipinski definition) is 5. The van der Waals surface area contributed by atoms with Gasteiger partial charge in [-0.2, -0.15) is 5.10 Å². The van der Waals surface area contributed by atoms with Crippen LogP contribution in [0.15, 0.2) is 36.7 Å². The van der Waals surface area contributed by atoms with Gasteiger partial charge < -0.3 is 14.4 Å². The van der Waals surface area contributed by atoms with Gasteiger partial charge in [-0.1, -0.05) is 0 Å². The second kappa shape index (κ2) is 8.47. The summed E-state index contributed by atoms with van der Waals surface area (Å²) in [6.45, 7) is 7.87. The molecule has 1 aliphatic heterocycles. The maximum atomic E-state index is 5.45. The predicted molar refractivity (Wildman–Crippen MR) is 98.3 cm³/mol. The molecule has 0 saturated carbocycles. The molecule has 0 amide bonds. The van der Waals surface area contributed by atoms with Gasteiger partial charge in [0.05, 0.1) is 26.0 Å². The summed E-state index contributed by atoms with van der Waals surface area (Å²) in [7, 11) is 3.88. The van der Waals surface area contributed by atoms with Gasteiger partial charge in [0, 0.05) is 44.6 Å². The third kappa shape index (κ3) is 4.60. The van der Waals surface area contributed by atoms with E-state index >= 15 is 0 Å². The van der Waals surface area contributed by atoms with Crippen molar-refractivity contribution >= 4 is 0 Å². The van der Waals surface area contributed by atoms with Crippen LogP contribution >= 0.6 is 0 Å². The average molecular weight is 344 g/mol. The zero-order valence-corrected chi connectivity index (χ0v) is 15.4. The Bertz CT molecular complexity index is 653. The van der Waals surface area contributed by atoms with Gasteiger partial charge in [0.2, 0.25) is 0 Å². The molecule has 1 fully saturated rings. The summed E-state index contributed by atoms with van der Waals surface area (Å²) in [5, 5.41) is 4.38. The van der Waals surface area contributed by atoms with Crippen LogP contribution in [0.4, 0.5) is 0 Å². The highest BCUT2D eigenvalue weighted by Gasteiger charge is 2.19. The number of benzene rings is 1. The molecule has 6 nitrogen and oxygen atoms in total. The number of rotatable bonds is 7. The smallest absolute Gasteiger partial charge is 0.119 e. The van der Waals surface area contributed by atoms with E-state index < -0.39 is 0 Å². The van der Waals surface area contributed by atoms with Crippen LogP contribution in [0.3, 0.4) is 0 Å². The molecule has 0 N–H and O–H groups in total. The summed E-state index contributed by atoms with van der Waals surface area (Å²) in [6.07, 6.45) is 3.78. The van der Waals surface area contributed by atoms with E-state index in [1.165, 1.54) is 5.56 Å². The minimum atomic E-state index is 0.507.